The Hall–Kier alpha value is -1.83. The van der Waals surface area contributed by atoms with Crippen LogP contribution in [-0.4, -0.2) is 7.11 Å². The molecule has 1 aliphatic rings. The molecule has 0 bridgehead atoms. The summed E-state index contributed by atoms with van der Waals surface area (Å²) >= 11 is 0. The Labute approximate surface area is 170 Å². The van der Waals surface area contributed by atoms with Crippen molar-refractivity contribution in [3.05, 3.63) is 53.8 Å². The van der Waals surface area contributed by atoms with Crippen LogP contribution in [0.2, 0.25) is 0 Å². The predicted molar refractivity (Wildman–Crippen MR) is 116 cm³/mol. The average molecular weight is 383 g/mol. The number of rotatable bonds is 8. The molecule has 2 aromatic carbocycles. The maximum Gasteiger partial charge on any atom is 0.131 e. The van der Waals surface area contributed by atoms with Gasteiger partial charge in [-0.1, -0.05) is 70.2 Å². The summed E-state index contributed by atoms with van der Waals surface area (Å²) in [5.41, 5.74) is 2.68. The smallest absolute Gasteiger partial charge is 0.131 e. The molecule has 1 unspecified atom stereocenters. The third kappa shape index (κ3) is 5.37. The lowest BCUT2D eigenvalue weighted by Gasteiger charge is -2.32. The number of methoxy groups -OCH3 is 1. The van der Waals surface area contributed by atoms with E-state index >= 15 is 0 Å². The standard InChI is InChI=1S/C26H35FO/c1-4-5-6-20-7-10-22(11-8-20)19(2)17-21-9-16-25(26(27)18-21)23-12-14-24(28-3)15-13-23/h9,12-16,18-20,22H,4-8,10-11,17H2,1-3H3. The highest BCUT2D eigenvalue weighted by Gasteiger charge is 2.25. The molecule has 0 radical (unpaired) electrons. The number of benzene rings is 2. The minimum absolute atomic E-state index is 0.127. The molecule has 152 valence electrons. The Morgan fingerprint density at radius 2 is 1.75 bits per heavy atom. The van der Waals surface area contributed by atoms with Crippen molar-refractivity contribution in [2.75, 3.05) is 7.11 Å². The van der Waals surface area contributed by atoms with Gasteiger partial charge in [-0.2, -0.15) is 0 Å². The predicted octanol–water partition coefficient (Wildman–Crippen LogP) is 7.68. The molecule has 2 aromatic rings. The Bertz CT molecular complexity index is 729. The molecular formula is C26H35FO. The fraction of sp³-hybridized carbons (Fsp3) is 0.538. The van der Waals surface area contributed by atoms with Crippen molar-refractivity contribution >= 4 is 0 Å². The molecule has 1 atom stereocenters. The van der Waals surface area contributed by atoms with Crippen LogP contribution in [0, 0.1) is 23.6 Å². The van der Waals surface area contributed by atoms with Crippen molar-refractivity contribution < 1.29 is 9.13 Å². The summed E-state index contributed by atoms with van der Waals surface area (Å²) in [5, 5.41) is 0. The first-order valence-corrected chi connectivity index (χ1v) is 11.0. The van der Waals surface area contributed by atoms with E-state index < -0.39 is 0 Å². The quantitative estimate of drug-likeness (QED) is 0.455. The second kappa shape index (κ2) is 10.1. The van der Waals surface area contributed by atoms with Gasteiger partial charge in [-0.05, 0) is 66.3 Å². The summed E-state index contributed by atoms with van der Waals surface area (Å²) in [7, 11) is 1.64. The third-order valence-electron chi connectivity index (χ3n) is 6.65. The van der Waals surface area contributed by atoms with E-state index in [1.807, 2.05) is 30.3 Å². The summed E-state index contributed by atoms with van der Waals surface area (Å²) in [6, 6.07) is 13.4. The fourth-order valence-corrected chi connectivity index (χ4v) is 4.77. The third-order valence-corrected chi connectivity index (χ3v) is 6.65. The second-order valence-corrected chi connectivity index (χ2v) is 8.65. The zero-order chi connectivity index (χ0) is 19.9. The summed E-state index contributed by atoms with van der Waals surface area (Å²) < 4.78 is 19.9. The Morgan fingerprint density at radius 3 is 2.36 bits per heavy atom. The van der Waals surface area contributed by atoms with Crippen molar-refractivity contribution in [2.24, 2.45) is 17.8 Å². The maximum absolute atomic E-state index is 14.7. The highest BCUT2D eigenvalue weighted by atomic mass is 19.1. The Balaban J connectivity index is 1.58. The van der Waals surface area contributed by atoms with Gasteiger partial charge < -0.3 is 4.74 Å². The summed E-state index contributed by atoms with van der Waals surface area (Å²) in [5.74, 6) is 3.03. The van der Waals surface area contributed by atoms with Gasteiger partial charge in [-0.15, -0.1) is 0 Å². The minimum Gasteiger partial charge on any atom is -0.497 e. The van der Waals surface area contributed by atoms with Crippen LogP contribution in [0.3, 0.4) is 0 Å². The fourth-order valence-electron chi connectivity index (χ4n) is 4.77. The Morgan fingerprint density at radius 1 is 1.04 bits per heavy atom. The van der Waals surface area contributed by atoms with Crippen molar-refractivity contribution in [1.29, 1.82) is 0 Å². The molecule has 0 saturated heterocycles. The van der Waals surface area contributed by atoms with E-state index in [4.69, 9.17) is 4.74 Å². The lowest BCUT2D eigenvalue weighted by atomic mass is 9.73. The minimum atomic E-state index is -0.127. The van der Waals surface area contributed by atoms with E-state index in [2.05, 4.69) is 19.9 Å². The topological polar surface area (TPSA) is 9.23 Å². The summed E-state index contributed by atoms with van der Waals surface area (Å²) in [6.45, 7) is 4.64. The van der Waals surface area contributed by atoms with Gasteiger partial charge in [0.1, 0.15) is 11.6 Å². The summed E-state index contributed by atoms with van der Waals surface area (Å²) in [6.07, 6.45) is 10.6. The first-order chi connectivity index (χ1) is 13.6. The van der Waals surface area contributed by atoms with E-state index in [1.165, 1.54) is 44.9 Å². The average Bonchev–Trinajstić information content (AvgIpc) is 2.73. The highest BCUT2D eigenvalue weighted by Crippen LogP contribution is 2.37. The molecule has 3 rings (SSSR count). The number of hydrogen-bond donors (Lipinski definition) is 0. The molecule has 1 saturated carbocycles. The lowest BCUT2D eigenvalue weighted by Crippen LogP contribution is -2.21. The van der Waals surface area contributed by atoms with Gasteiger partial charge >= 0.3 is 0 Å². The molecule has 1 fully saturated rings. The van der Waals surface area contributed by atoms with Crippen LogP contribution < -0.4 is 4.74 Å². The normalized spacial score (nSPS) is 20.7. The van der Waals surface area contributed by atoms with Crippen LogP contribution >= 0.6 is 0 Å². The number of hydrogen-bond acceptors (Lipinski definition) is 1. The van der Waals surface area contributed by atoms with Crippen LogP contribution in [-0.2, 0) is 6.42 Å². The van der Waals surface area contributed by atoms with Gasteiger partial charge in [-0.25, -0.2) is 4.39 Å². The van der Waals surface area contributed by atoms with Crippen LogP contribution in [0.15, 0.2) is 42.5 Å². The SMILES string of the molecule is CCCCC1CCC(C(C)Cc2ccc(-c3ccc(OC)cc3)c(F)c2)CC1. The van der Waals surface area contributed by atoms with E-state index in [9.17, 15) is 4.39 Å². The molecule has 0 spiro atoms. The molecule has 1 aliphatic carbocycles. The maximum atomic E-state index is 14.7. The first-order valence-electron chi connectivity index (χ1n) is 11.0. The molecule has 28 heavy (non-hydrogen) atoms. The van der Waals surface area contributed by atoms with Crippen molar-refractivity contribution in [2.45, 2.75) is 65.2 Å². The van der Waals surface area contributed by atoms with Crippen molar-refractivity contribution in [1.82, 2.24) is 0 Å². The van der Waals surface area contributed by atoms with Gasteiger partial charge in [0.15, 0.2) is 0 Å². The largest absolute Gasteiger partial charge is 0.497 e. The van der Waals surface area contributed by atoms with Crippen LogP contribution in [0.4, 0.5) is 4.39 Å². The highest BCUT2D eigenvalue weighted by molar-refractivity contribution is 5.65. The lowest BCUT2D eigenvalue weighted by molar-refractivity contribution is 0.204. The Kier molecular flexibility index (Phi) is 7.53. The number of halogens is 1. The van der Waals surface area contributed by atoms with E-state index in [-0.39, 0.29) is 5.82 Å². The number of unbranched alkanes of at least 4 members (excludes halogenated alkanes) is 1. The zero-order valence-electron chi connectivity index (χ0n) is 17.7. The molecule has 1 nitrogen and oxygen atoms in total. The van der Waals surface area contributed by atoms with Gasteiger partial charge in [0.2, 0.25) is 0 Å². The van der Waals surface area contributed by atoms with Crippen LogP contribution in [0.1, 0.15) is 64.4 Å². The van der Waals surface area contributed by atoms with Crippen molar-refractivity contribution in [3.63, 3.8) is 0 Å². The molecular weight excluding hydrogens is 347 g/mol. The van der Waals surface area contributed by atoms with E-state index in [0.29, 0.717) is 11.5 Å². The molecule has 0 aromatic heterocycles. The molecule has 0 aliphatic heterocycles. The van der Waals surface area contributed by atoms with Gasteiger partial charge in [0, 0.05) is 5.56 Å². The zero-order valence-corrected chi connectivity index (χ0v) is 17.7. The number of ether oxygens (including phenoxy) is 1. The molecule has 0 heterocycles. The van der Waals surface area contributed by atoms with E-state index in [1.54, 1.807) is 13.2 Å². The summed E-state index contributed by atoms with van der Waals surface area (Å²) in [4.78, 5) is 0. The molecule has 2 heteroatoms. The van der Waals surface area contributed by atoms with E-state index in [0.717, 1.165) is 35.1 Å². The molecule has 0 amide bonds. The van der Waals surface area contributed by atoms with Gasteiger partial charge in [0.25, 0.3) is 0 Å². The molecule has 0 N–H and O–H groups in total. The van der Waals surface area contributed by atoms with Crippen LogP contribution in [0.5, 0.6) is 5.75 Å². The van der Waals surface area contributed by atoms with Gasteiger partial charge in [-0.3, -0.25) is 0 Å². The van der Waals surface area contributed by atoms with Crippen LogP contribution in [0.25, 0.3) is 11.1 Å². The van der Waals surface area contributed by atoms with Gasteiger partial charge in [0.05, 0.1) is 7.11 Å². The second-order valence-electron chi connectivity index (χ2n) is 8.65. The first kappa shape index (κ1) is 20.9. The van der Waals surface area contributed by atoms with Crippen molar-refractivity contribution in [3.8, 4) is 16.9 Å². The monoisotopic (exact) mass is 382 g/mol.